The highest BCUT2D eigenvalue weighted by atomic mass is 16.3. The summed E-state index contributed by atoms with van der Waals surface area (Å²) in [7, 11) is 0. The number of nitrogens with one attached hydrogen (secondary N) is 2. The van der Waals surface area contributed by atoms with E-state index in [0.717, 1.165) is 51.8 Å². The molecule has 1 aromatic heterocycles. The number of terminal acetylenes is 1. The fraction of sp³-hybridized carbons (Fsp3) is 0.246. The van der Waals surface area contributed by atoms with Crippen molar-refractivity contribution in [3.8, 4) is 23.5 Å². The van der Waals surface area contributed by atoms with Gasteiger partial charge in [0.25, 0.3) is 0 Å². The van der Waals surface area contributed by atoms with Crippen LogP contribution in [0.3, 0.4) is 0 Å². The third-order valence-electron chi connectivity index (χ3n) is 12.2. The highest BCUT2D eigenvalue weighted by Crippen LogP contribution is 2.55. The molecule has 2 heterocycles. The molecule has 0 bridgehead atoms. The lowest BCUT2D eigenvalue weighted by molar-refractivity contribution is 0.333. The summed E-state index contributed by atoms with van der Waals surface area (Å²) in [5, 5.41) is 6.88. The normalized spacial score (nSPS) is 19.1. The molecule has 2 aliphatic carbocycles. The molecule has 6 nitrogen and oxygen atoms in total. The summed E-state index contributed by atoms with van der Waals surface area (Å²) in [5.74, 6) is 3.92. The Bertz CT molecular complexity index is 2660. The molecule has 7 rings (SSSR count). The Balaban J connectivity index is 1.23. The maximum Gasteiger partial charge on any atom is 0.135 e. The number of benzene rings is 2. The third-order valence-corrected chi connectivity index (χ3v) is 12.2. The lowest BCUT2D eigenvalue weighted by atomic mass is 9.67. The first kappa shape index (κ1) is 44.2. The van der Waals surface area contributed by atoms with Crippen molar-refractivity contribution >= 4 is 28.6 Å². The predicted molar refractivity (Wildman–Crippen MR) is 265 cm³/mol. The van der Waals surface area contributed by atoms with Crippen LogP contribution in [0.1, 0.15) is 86.5 Å². The number of allylic oxidation sites excluding steroid dienone is 11. The van der Waals surface area contributed by atoms with E-state index < -0.39 is 6.17 Å². The standard InChI is InChI=1S/C57H59N5O/c1-7-11-31-52-41(5)54-48(28-23-32-53(54)63-52)56(60-42(6)43(24-8-2)25-9-3)61-55(58)44(26-10-4)35-38-59-62-39-22-15-13-12-14-17-30-51(62)45-33-34-47-46-27-18-19-29-49(46)57(50(47)40-45)36-20-16-21-37-57/h1,8-15,17,19,22-26,28-35,40,42,55,59H,2,16,20-21,36-39,58H2,3-6H3,(H,60,61)/b13-12-,17-14-,22-15-,25-9-,26-10-,31-11-,43-24+,44-35+,51-30?. The molecular weight excluding hydrogens is 771 g/mol. The topological polar surface area (TPSA) is 78.8 Å². The second-order valence-corrected chi connectivity index (χ2v) is 16.2. The molecule has 63 heavy (non-hydrogen) atoms. The van der Waals surface area contributed by atoms with Gasteiger partial charge >= 0.3 is 0 Å². The van der Waals surface area contributed by atoms with E-state index >= 15 is 0 Å². The minimum Gasteiger partial charge on any atom is -0.456 e. The zero-order valence-corrected chi connectivity index (χ0v) is 37.1. The summed E-state index contributed by atoms with van der Waals surface area (Å²) in [6, 6.07) is 23.9. The first-order chi connectivity index (χ1) is 30.8. The first-order valence-corrected chi connectivity index (χ1v) is 22.2. The van der Waals surface area contributed by atoms with Crippen molar-refractivity contribution < 1.29 is 4.42 Å². The quantitative estimate of drug-likeness (QED) is 0.0541. The largest absolute Gasteiger partial charge is 0.456 e. The van der Waals surface area contributed by atoms with E-state index in [1.807, 2.05) is 69.4 Å². The molecule has 2 atom stereocenters. The van der Waals surface area contributed by atoms with Gasteiger partial charge < -0.3 is 20.5 Å². The lowest BCUT2D eigenvalue weighted by Gasteiger charge is -2.36. The van der Waals surface area contributed by atoms with Crippen molar-refractivity contribution in [3.63, 3.8) is 0 Å². The van der Waals surface area contributed by atoms with Gasteiger partial charge in [0.05, 0.1) is 12.2 Å². The first-order valence-electron chi connectivity index (χ1n) is 22.2. The minimum absolute atomic E-state index is 0.0173. The van der Waals surface area contributed by atoms with Crippen LogP contribution in [0.15, 0.2) is 167 Å². The van der Waals surface area contributed by atoms with Gasteiger partial charge in [-0.25, -0.2) is 10.4 Å². The van der Waals surface area contributed by atoms with Crippen LogP contribution in [-0.4, -0.2) is 36.1 Å². The van der Waals surface area contributed by atoms with E-state index in [1.54, 1.807) is 12.2 Å². The number of hydrogen-bond acceptors (Lipinski definition) is 5. The van der Waals surface area contributed by atoms with Gasteiger partial charge in [-0.15, -0.1) is 6.42 Å². The molecule has 0 radical (unpaired) electrons. The van der Waals surface area contributed by atoms with Crippen LogP contribution in [0.5, 0.6) is 0 Å². The van der Waals surface area contributed by atoms with Gasteiger partial charge in [0.15, 0.2) is 0 Å². The summed E-state index contributed by atoms with van der Waals surface area (Å²) in [6.07, 6.45) is 43.3. The van der Waals surface area contributed by atoms with Crippen LogP contribution in [-0.2, 0) is 5.41 Å². The fourth-order valence-corrected chi connectivity index (χ4v) is 9.25. The minimum atomic E-state index is -0.698. The summed E-state index contributed by atoms with van der Waals surface area (Å²) >= 11 is 0. The van der Waals surface area contributed by atoms with E-state index in [9.17, 15) is 0 Å². The number of furan rings is 1. The van der Waals surface area contributed by atoms with E-state index in [-0.39, 0.29) is 11.5 Å². The molecule has 1 saturated carbocycles. The van der Waals surface area contributed by atoms with Gasteiger partial charge in [0.1, 0.15) is 23.3 Å². The summed E-state index contributed by atoms with van der Waals surface area (Å²) in [4.78, 5) is 5.25. The maximum absolute atomic E-state index is 7.11. The van der Waals surface area contributed by atoms with Gasteiger partial charge in [-0.3, -0.25) is 0 Å². The Morgan fingerprint density at radius 2 is 1.83 bits per heavy atom. The van der Waals surface area contributed by atoms with Crippen molar-refractivity contribution in [2.45, 2.75) is 77.4 Å². The highest BCUT2D eigenvalue weighted by Gasteiger charge is 2.44. The summed E-state index contributed by atoms with van der Waals surface area (Å²) in [5.41, 5.74) is 23.0. The molecule has 3 aromatic carbocycles. The SMILES string of the molecule is C#C/C=C\c1oc2cccc(C(=NC(N)C(/C=C\C)=C/CNN3C\C=C/C=C\C=C/C=C3c3ccc4c(c3)C3(CCCCC3)c3ccc#cc3-4)NC(C)C(/C=C\C)=C/C=C)c2c1C. The Hall–Kier alpha value is -6.83. The number of aryl methyl sites for hydroxylation is 1. The molecule has 1 aliphatic heterocycles. The monoisotopic (exact) mass is 829 g/mol. The number of hydrazine groups is 1. The van der Waals surface area contributed by atoms with Gasteiger partial charge in [-0.2, -0.15) is 0 Å². The van der Waals surface area contributed by atoms with Crippen LogP contribution in [0, 0.1) is 31.4 Å². The molecule has 6 heteroatoms. The zero-order valence-electron chi connectivity index (χ0n) is 37.1. The number of nitrogens with zero attached hydrogens (tertiary/aromatic N) is 2. The van der Waals surface area contributed by atoms with Crippen LogP contribution >= 0.6 is 0 Å². The third kappa shape index (κ3) is 9.64. The van der Waals surface area contributed by atoms with Gasteiger partial charge in [0.2, 0.25) is 0 Å². The summed E-state index contributed by atoms with van der Waals surface area (Å²) < 4.78 is 6.27. The number of hydrogen-bond donors (Lipinski definition) is 3. The molecule has 3 aliphatic rings. The second-order valence-electron chi connectivity index (χ2n) is 16.2. The van der Waals surface area contributed by atoms with Gasteiger partial charge in [0, 0.05) is 40.1 Å². The van der Waals surface area contributed by atoms with Crippen LogP contribution in [0.4, 0.5) is 0 Å². The van der Waals surface area contributed by atoms with Crippen molar-refractivity contribution in [3.05, 3.63) is 203 Å². The van der Waals surface area contributed by atoms with E-state index in [2.05, 4.69) is 132 Å². The average Bonchev–Trinajstić information content (AvgIpc) is 3.77. The van der Waals surface area contributed by atoms with Crippen molar-refractivity contribution in [1.82, 2.24) is 15.8 Å². The van der Waals surface area contributed by atoms with Crippen LogP contribution in [0.25, 0.3) is 33.9 Å². The zero-order chi connectivity index (χ0) is 44.2. The van der Waals surface area contributed by atoms with E-state index in [1.165, 1.54) is 47.1 Å². The van der Waals surface area contributed by atoms with E-state index in [0.29, 0.717) is 24.7 Å². The summed E-state index contributed by atoms with van der Waals surface area (Å²) in [6.45, 7) is 13.3. The Labute approximate surface area is 375 Å². The Morgan fingerprint density at radius 3 is 2.62 bits per heavy atom. The van der Waals surface area contributed by atoms with Crippen molar-refractivity contribution in [1.29, 1.82) is 0 Å². The van der Waals surface area contributed by atoms with Gasteiger partial charge in [-0.1, -0.05) is 147 Å². The van der Waals surface area contributed by atoms with Crippen LogP contribution in [0.2, 0.25) is 0 Å². The number of aliphatic imine (C=N–C) groups is 1. The molecule has 0 saturated heterocycles. The molecular formula is C57H59N5O. The number of fused-ring (bicyclic) bond motifs is 6. The number of amidine groups is 1. The van der Waals surface area contributed by atoms with Crippen molar-refractivity contribution in [2.75, 3.05) is 13.1 Å². The maximum atomic E-state index is 7.11. The predicted octanol–water partition coefficient (Wildman–Crippen LogP) is 11.9. The molecule has 4 N–H and O–H groups in total. The van der Waals surface area contributed by atoms with Crippen molar-refractivity contribution in [2.24, 2.45) is 10.7 Å². The molecule has 0 amide bonds. The molecule has 2 unspecified atom stereocenters. The molecule has 4 aromatic rings. The highest BCUT2D eigenvalue weighted by molar-refractivity contribution is 6.10. The fourth-order valence-electron chi connectivity index (χ4n) is 9.25. The van der Waals surface area contributed by atoms with Crippen LogP contribution < -0.4 is 16.5 Å². The lowest BCUT2D eigenvalue weighted by Crippen LogP contribution is -2.38. The number of rotatable bonds is 13. The molecule has 1 spiro atoms. The smallest absolute Gasteiger partial charge is 0.135 e. The number of nitrogens with two attached hydrogens (primary N) is 1. The van der Waals surface area contributed by atoms with Gasteiger partial charge in [-0.05, 0) is 116 Å². The Kier molecular flexibility index (Phi) is 14.6. The average molecular weight is 830 g/mol. The second kappa shape index (κ2) is 20.8. The molecule has 1 fully saturated rings. The molecule has 318 valence electrons. The Morgan fingerprint density at radius 1 is 1.03 bits per heavy atom. The van der Waals surface area contributed by atoms with E-state index in [4.69, 9.17) is 21.6 Å².